The van der Waals surface area contributed by atoms with Gasteiger partial charge in [0, 0.05) is 37.7 Å². The molecule has 0 atom stereocenters. The van der Waals surface area contributed by atoms with E-state index in [2.05, 4.69) is 25.6 Å². The normalized spacial score (nSPS) is 15.0. The van der Waals surface area contributed by atoms with Gasteiger partial charge < -0.3 is 15.4 Å². The van der Waals surface area contributed by atoms with Crippen molar-refractivity contribution in [2.45, 2.75) is 12.8 Å². The van der Waals surface area contributed by atoms with Crippen molar-refractivity contribution in [3.8, 4) is 11.4 Å². The van der Waals surface area contributed by atoms with Crippen LogP contribution in [0.1, 0.15) is 12.8 Å². The Morgan fingerprint density at radius 3 is 2.92 bits per heavy atom. The topological polar surface area (TPSA) is 89.0 Å². The minimum atomic E-state index is 0.397. The number of hydrogen-bond acceptors (Lipinski definition) is 6. The van der Waals surface area contributed by atoms with E-state index in [-0.39, 0.29) is 0 Å². The highest BCUT2D eigenvalue weighted by Crippen LogP contribution is 2.27. The summed E-state index contributed by atoms with van der Waals surface area (Å²) in [5, 5.41) is 6.27. The predicted octanol–water partition coefficient (Wildman–Crippen LogP) is 2.60. The minimum Gasteiger partial charge on any atom is -0.381 e. The smallest absolute Gasteiger partial charge is 0.212 e. The van der Waals surface area contributed by atoms with E-state index in [0.717, 1.165) is 38.4 Å². The Balaban J connectivity index is 1.74. The van der Waals surface area contributed by atoms with E-state index in [1.54, 1.807) is 12.3 Å². The van der Waals surface area contributed by atoms with Crippen molar-refractivity contribution in [1.82, 2.24) is 15.0 Å². The van der Waals surface area contributed by atoms with Gasteiger partial charge in [-0.2, -0.15) is 0 Å². The monoisotopic (exact) mass is 347 g/mol. The molecule has 7 nitrogen and oxygen atoms in total. The quantitative estimate of drug-likeness (QED) is 0.781. The van der Waals surface area contributed by atoms with Crippen LogP contribution in [0.2, 0.25) is 5.02 Å². The standard InChI is InChI=1S/C16H18ClN5O2/c17-13-9-20-15(21-10-23)7-12(13)16-18-4-1-14(22-16)19-8-11-2-5-24-6-3-11/h1,4,7,9-11H,2-3,5-6,8H2,(H,18,19,22)(H,20,21,23). The molecule has 0 unspecified atom stereocenters. The summed E-state index contributed by atoms with van der Waals surface area (Å²) in [6.45, 7) is 2.49. The molecule has 1 amide bonds. The molecule has 0 aliphatic carbocycles. The first-order valence-electron chi connectivity index (χ1n) is 7.77. The Morgan fingerprint density at radius 1 is 1.29 bits per heavy atom. The average molecular weight is 348 g/mol. The first kappa shape index (κ1) is 16.6. The van der Waals surface area contributed by atoms with Crippen LogP contribution in [0.5, 0.6) is 0 Å². The zero-order chi connectivity index (χ0) is 16.8. The van der Waals surface area contributed by atoms with Crippen molar-refractivity contribution in [3.05, 3.63) is 29.5 Å². The van der Waals surface area contributed by atoms with E-state index < -0.39 is 0 Å². The fraction of sp³-hybridized carbons (Fsp3) is 0.375. The van der Waals surface area contributed by atoms with Gasteiger partial charge in [-0.3, -0.25) is 4.79 Å². The third kappa shape index (κ3) is 4.18. The first-order valence-corrected chi connectivity index (χ1v) is 8.15. The summed E-state index contributed by atoms with van der Waals surface area (Å²) in [5.41, 5.74) is 0.616. The Bertz CT molecular complexity index is 707. The van der Waals surface area contributed by atoms with Crippen molar-refractivity contribution < 1.29 is 9.53 Å². The number of halogens is 1. The van der Waals surface area contributed by atoms with Crippen molar-refractivity contribution in [1.29, 1.82) is 0 Å². The maximum absolute atomic E-state index is 10.6. The number of hydrogen-bond donors (Lipinski definition) is 2. The van der Waals surface area contributed by atoms with Gasteiger partial charge in [0.15, 0.2) is 5.82 Å². The van der Waals surface area contributed by atoms with Crippen LogP contribution in [0.25, 0.3) is 11.4 Å². The molecule has 2 N–H and O–H groups in total. The van der Waals surface area contributed by atoms with Crippen LogP contribution in [0.4, 0.5) is 11.6 Å². The zero-order valence-corrected chi connectivity index (χ0v) is 13.8. The van der Waals surface area contributed by atoms with Gasteiger partial charge in [-0.1, -0.05) is 11.6 Å². The van der Waals surface area contributed by atoms with Crippen molar-refractivity contribution in [3.63, 3.8) is 0 Å². The van der Waals surface area contributed by atoms with Crippen LogP contribution in [0.3, 0.4) is 0 Å². The summed E-state index contributed by atoms with van der Waals surface area (Å²) in [6.07, 6.45) is 5.82. The largest absolute Gasteiger partial charge is 0.381 e. The lowest BCUT2D eigenvalue weighted by molar-refractivity contribution is -0.105. The van der Waals surface area contributed by atoms with E-state index in [4.69, 9.17) is 16.3 Å². The molecule has 3 rings (SSSR count). The average Bonchev–Trinajstić information content (AvgIpc) is 2.63. The number of amides is 1. The summed E-state index contributed by atoms with van der Waals surface area (Å²) in [4.78, 5) is 23.4. The molecule has 0 spiro atoms. The van der Waals surface area contributed by atoms with Gasteiger partial charge in [0.1, 0.15) is 11.6 Å². The molecule has 3 heterocycles. The van der Waals surface area contributed by atoms with Crippen LogP contribution < -0.4 is 10.6 Å². The van der Waals surface area contributed by atoms with Crippen molar-refractivity contribution in [2.75, 3.05) is 30.4 Å². The maximum Gasteiger partial charge on any atom is 0.212 e. The number of pyridine rings is 1. The third-order valence-corrected chi connectivity index (χ3v) is 4.17. The molecule has 1 fully saturated rings. The highest BCUT2D eigenvalue weighted by Gasteiger charge is 2.14. The molecule has 24 heavy (non-hydrogen) atoms. The molecular weight excluding hydrogens is 330 g/mol. The van der Waals surface area contributed by atoms with Crippen LogP contribution in [-0.4, -0.2) is 41.1 Å². The maximum atomic E-state index is 10.6. The van der Waals surface area contributed by atoms with Crippen LogP contribution >= 0.6 is 11.6 Å². The predicted molar refractivity (Wildman–Crippen MR) is 92.0 cm³/mol. The molecule has 126 valence electrons. The number of nitrogens with one attached hydrogen (secondary N) is 2. The molecular formula is C16H18ClN5O2. The molecule has 8 heteroatoms. The molecule has 0 saturated carbocycles. The number of aromatic nitrogens is 3. The van der Waals surface area contributed by atoms with E-state index in [0.29, 0.717) is 34.6 Å². The number of rotatable bonds is 6. The highest BCUT2D eigenvalue weighted by atomic mass is 35.5. The Hall–Kier alpha value is -2.25. The Morgan fingerprint density at radius 2 is 2.12 bits per heavy atom. The molecule has 2 aromatic heterocycles. The van der Waals surface area contributed by atoms with E-state index >= 15 is 0 Å². The fourth-order valence-electron chi connectivity index (χ4n) is 2.54. The van der Waals surface area contributed by atoms with E-state index in [9.17, 15) is 4.79 Å². The molecule has 0 bridgehead atoms. The molecule has 2 aromatic rings. The molecule has 1 saturated heterocycles. The van der Waals surface area contributed by atoms with Crippen LogP contribution in [0, 0.1) is 5.92 Å². The second kappa shape index (κ2) is 8.03. The van der Waals surface area contributed by atoms with Gasteiger partial charge in [-0.25, -0.2) is 15.0 Å². The van der Waals surface area contributed by atoms with Gasteiger partial charge in [-0.05, 0) is 30.9 Å². The summed E-state index contributed by atoms with van der Waals surface area (Å²) < 4.78 is 5.37. The van der Waals surface area contributed by atoms with Crippen molar-refractivity contribution >= 4 is 29.6 Å². The third-order valence-electron chi connectivity index (χ3n) is 3.87. The summed E-state index contributed by atoms with van der Waals surface area (Å²) in [7, 11) is 0. The Kier molecular flexibility index (Phi) is 5.55. The molecule has 0 aromatic carbocycles. The SMILES string of the molecule is O=CNc1cc(-c2nccc(NCC3CCOCC3)n2)c(Cl)cn1. The van der Waals surface area contributed by atoms with Gasteiger partial charge >= 0.3 is 0 Å². The Labute approximate surface area is 144 Å². The number of ether oxygens (including phenoxy) is 1. The first-order chi connectivity index (χ1) is 11.8. The lowest BCUT2D eigenvalue weighted by atomic mass is 10.0. The number of carbonyl (C=O) groups excluding carboxylic acids is 1. The lowest BCUT2D eigenvalue weighted by Gasteiger charge is -2.22. The highest BCUT2D eigenvalue weighted by molar-refractivity contribution is 6.33. The molecule has 1 aliphatic heterocycles. The van der Waals surface area contributed by atoms with E-state index in [1.807, 2.05) is 6.07 Å². The van der Waals surface area contributed by atoms with Gasteiger partial charge in [0.05, 0.1) is 5.02 Å². The van der Waals surface area contributed by atoms with Crippen LogP contribution in [-0.2, 0) is 9.53 Å². The van der Waals surface area contributed by atoms with Gasteiger partial charge in [0.2, 0.25) is 6.41 Å². The number of nitrogens with zero attached hydrogens (tertiary/aromatic N) is 3. The second-order valence-corrected chi connectivity index (χ2v) is 5.92. The molecule has 0 radical (unpaired) electrons. The minimum absolute atomic E-state index is 0.397. The zero-order valence-electron chi connectivity index (χ0n) is 13.0. The number of anilines is 2. The summed E-state index contributed by atoms with van der Waals surface area (Å²) >= 11 is 6.19. The second-order valence-electron chi connectivity index (χ2n) is 5.51. The van der Waals surface area contributed by atoms with Crippen LogP contribution in [0.15, 0.2) is 24.5 Å². The van der Waals surface area contributed by atoms with Crippen molar-refractivity contribution in [2.24, 2.45) is 5.92 Å². The van der Waals surface area contributed by atoms with Gasteiger partial charge in [0.25, 0.3) is 0 Å². The molecule has 1 aliphatic rings. The summed E-state index contributed by atoms with van der Waals surface area (Å²) in [6, 6.07) is 3.47. The van der Waals surface area contributed by atoms with E-state index in [1.165, 1.54) is 6.20 Å². The number of carbonyl (C=O) groups is 1. The fourth-order valence-corrected chi connectivity index (χ4v) is 2.72. The summed E-state index contributed by atoms with van der Waals surface area (Å²) in [5.74, 6) is 2.20. The lowest BCUT2D eigenvalue weighted by Crippen LogP contribution is -2.23. The van der Waals surface area contributed by atoms with Gasteiger partial charge in [-0.15, -0.1) is 0 Å².